The topological polar surface area (TPSA) is 77.4 Å². The van der Waals surface area contributed by atoms with Gasteiger partial charge < -0.3 is 29.2 Å². The molecule has 0 bridgehead atoms. The normalized spacial score (nSPS) is 32.6. The lowest BCUT2D eigenvalue weighted by molar-refractivity contribution is -0.247. The highest BCUT2D eigenvalue weighted by molar-refractivity contribution is 4.92. The fraction of sp³-hybridized carbons (Fsp3) is 1.00. The summed E-state index contributed by atoms with van der Waals surface area (Å²) in [5.74, 6) is -0.647. The molecule has 6 nitrogen and oxygen atoms in total. The van der Waals surface area contributed by atoms with E-state index in [4.69, 9.17) is 18.9 Å². The van der Waals surface area contributed by atoms with Crippen molar-refractivity contribution in [2.24, 2.45) is 0 Å². The molecule has 2 rings (SSSR count). The molecular formula is C17H32O6. The molecule has 0 aromatic heterocycles. The van der Waals surface area contributed by atoms with Gasteiger partial charge in [0.1, 0.15) is 24.4 Å². The molecule has 2 aliphatic rings. The van der Waals surface area contributed by atoms with Crippen LogP contribution in [0.4, 0.5) is 0 Å². The molecule has 0 aromatic rings. The van der Waals surface area contributed by atoms with E-state index in [1.807, 2.05) is 27.7 Å². The van der Waals surface area contributed by atoms with Gasteiger partial charge in [-0.25, -0.2) is 0 Å². The Labute approximate surface area is 139 Å². The standard InChI is InChI=1S/C17H32O6/c1-5-16(6-2)11-20-9-12(22-16)14(18)15(19)13-10-21-17(7-3,8-4)23-13/h12-15,18-19H,5-11H2,1-4H3. The maximum absolute atomic E-state index is 10.6. The van der Waals surface area contributed by atoms with Gasteiger partial charge in [0, 0.05) is 0 Å². The van der Waals surface area contributed by atoms with Gasteiger partial charge in [-0.3, -0.25) is 0 Å². The van der Waals surface area contributed by atoms with Gasteiger partial charge in [-0.2, -0.15) is 0 Å². The largest absolute Gasteiger partial charge is 0.388 e. The molecule has 2 N–H and O–H groups in total. The first-order chi connectivity index (χ1) is 10.9. The second kappa shape index (κ2) is 7.76. The molecule has 0 aromatic carbocycles. The highest BCUT2D eigenvalue weighted by Crippen LogP contribution is 2.34. The van der Waals surface area contributed by atoms with Crippen molar-refractivity contribution in [1.82, 2.24) is 0 Å². The summed E-state index contributed by atoms with van der Waals surface area (Å²) in [6, 6.07) is 0. The fourth-order valence-electron chi connectivity index (χ4n) is 3.35. The van der Waals surface area contributed by atoms with E-state index < -0.39 is 30.2 Å². The van der Waals surface area contributed by atoms with Gasteiger partial charge in [0.2, 0.25) is 0 Å². The molecule has 2 saturated heterocycles. The van der Waals surface area contributed by atoms with Crippen LogP contribution >= 0.6 is 0 Å². The zero-order valence-corrected chi connectivity index (χ0v) is 14.8. The predicted molar refractivity (Wildman–Crippen MR) is 85.2 cm³/mol. The van der Waals surface area contributed by atoms with E-state index in [-0.39, 0.29) is 18.8 Å². The van der Waals surface area contributed by atoms with Crippen LogP contribution in [0.15, 0.2) is 0 Å². The minimum Gasteiger partial charge on any atom is -0.388 e. The second-order valence-electron chi connectivity index (χ2n) is 6.63. The maximum Gasteiger partial charge on any atom is 0.168 e. The van der Waals surface area contributed by atoms with E-state index in [0.29, 0.717) is 19.4 Å². The van der Waals surface area contributed by atoms with Gasteiger partial charge >= 0.3 is 0 Å². The Hall–Kier alpha value is -0.240. The van der Waals surface area contributed by atoms with Crippen LogP contribution in [0.25, 0.3) is 0 Å². The van der Waals surface area contributed by atoms with Crippen molar-refractivity contribution in [3.05, 3.63) is 0 Å². The van der Waals surface area contributed by atoms with Gasteiger partial charge in [-0.1, -0.05) is 27.7 Å². The van der Waals surface area contributed by atoms with E-state index in [0.717, 1.165) is 12.8 Å². The average molecular weight is 332 g/mol. The first kappa shape index (κ1) is 19.1. The number of ether oxygens (including phenoxy) is 4. The van der Waals surface area contributed by atoms with Crippen LogP contribution in [0.2, 0.25) is 0 Å². The Bertz CT molecular complexity index is 366. The van der Waals surface area contributed by atoms with Gasteiger partial charge in [0.25, 0.3) is 0 Å². The molecule has 2 heterocycles. The summed E-state index contributed by atoms with van der Waals surface area (Å²) < 4.78 is 23.3. The van der Waals surface area contributed by atoms with Crippen LogP contribution in [0, 0.1) is 0 Å². The van der Waals surface area contributed by atoms with E-state index in [1.54, 1.807) is 0 Å². The quantitative estimate of drug-likeness (QED) is 0.738. The highest BCUT2D eigenvalue weighted by Gasteiger charge is 2.47. The van der Waals surface area contributed by atoms with Crippen molar-refractivity contribution in [1.29, 1.82) is 0 Å². The zero-order chi connectivity index (χ0) is 17.1. The molecule has 6 heteroatoms. The number of aliphatic hydroxyl groups excluding tert-OH is 2. The molecule has 2 fully saturated rings. The molecule has 0 radical (unpaired) electrons. The minimum atomic E-state index is -1.06. The van der Waals surface area contributed by atoms with Gasteiger partial charge in [-0.05, 0) is 25.7 Å². The summed E-state index contributed by atoms with van der Waals surface area (Å²) in [6.07, 6.45) is -0.199. The van der Waals surface area contributed by atoms with Crippen LogP contribution in [-0.2, 0) is 18.9 Å². The van der Waals surface area contributed by atoms with E-state index >= 15 is 0 Å². The first-order valence-electron chi connectivity index (χ1n) is 8.88. The third-order valence-corrected chi connectivity index (χ3v) is 5.40. The lowest BCUT2D eigenvalue weighted by Crippen LogP contribution is -2.55. The van der Waals surface area contributed by atoms with Crippen LogP contribution in [0.3, 0.4) is 0 Å². The number of hydrogen-bond acceptors (Lipinski definition) is 6. The Morgan fingerprint density at radius 1 is 0.870 bits per heavy atom. The Kier molecular flexibility index (Phi) is 6.44. The Balaban J connectivity index is 1.98. The molecule has 0 spiro atoms. The minimum absolute atomic E-state index is 0.278. The van der Waals surface area contributed by atoms with E-state index in [9.17, 15) is 10.2 Å². The summed E-state index contributed by atoms with van der Waals surface area (Å²) >= 11 is 0. The average Bonchev–Trinajstić information content (AvgIpc) is 3.05. The Morgan fingerprint density at radius 3 is 1.91 bits per heavy atom. The summed E-state index contributed by atoms with van der Waals surface area (Å²) in [5.41, 5.74) is -0.382. The molecular weight excluding hydrogens is 300 g/mol. The first-order valence-corrected chi connectivity index (χ1v) is 8.88. The molecule has 0 amide bonds. The van der Waals surface area contributed by atoms with Crippen LogP contribution in [-0.4, -0.2) is 65.8 Å². The molecule has 4 atom stereocenters. The molecule has 0 saturated carbocycles. The summed E-state index contributed by atoms with van der Waals surface area (Å²) in [5, 5.41) is 21.1. The second-order valence-corrected chi connectivity index (χ2v) is 6.63. The molecule has 136 valence electrons. The molecule has 2 aliphatic heterocycles. The third kappa shape index (κ3) is 3.89. The molecule has 4 unspecified atom stereocenters. The van der Waals surface area contributed by atoms with E-state index in [2.05, 4.69) is 0 Å². The SMILES string of the molecule is CCC1(CC)COCC(C(O)C(O)C2COC(CC)(CC)O2)O1. The predicted octanol–water partition coefficient (Wildman–Crippen LogP) is 1.61. The maximum atomic E-state index is 10.6. The smallest absolute Gasteiger partial charge is 0.168 e. The summed E-state index contributed by atoms with van der Waals surface area (Å²) in [6.45, 7) is 9.15. The van der Waals surface area contributed by atoms with Crippen molar-refractivity contribution >= 4 is 0 Å². The lowest BCUT2D eigenvalue weighted by atomic mass is 9.95. The van der Waals surface area contributed by atoms with Crippen molar-refractivity contribution in [2.75, 3.05) is 19.8 Å². The van der Waals surface area contributed by atoms with Gasteiger partial charge in [-0.15, -0.1) is 0 Å². The van der Waals surface area contributed by atoms with Crippen LogP contribution < -0.4 is 0 Å². The fourth-order valence-corrected chi connectivity index (χ4v) is 3.35. The summed E-state index contributed by atoms with van der Waals surface area (Å²) in [7, 11) is 0. The number of hydrogen-bond donors (Lipinski definition) is 2. The lowest BCUT2D eigenvalue weighted by Gasteiger charge is -2.42. The number of aliphatic hydroxyl groups is 2. The zero-order valence-electron chi connectivity index (χ0n) is 14.8. The van der Waals surface area contributed by atoms with Crippen molar-refractivity contribution in [2.45, 2.75) is 89.2 Å². The van der Waals surface area contributed by atoms with Crippen LogP contribution in [0.1, 0.15) is 53.4 Å². The number of rotatable bonds is 7. The van der Waals surface area contributed by atoms with Crippen molar-refractivity contribution in [3.63, 3.8) is 0 Å². The Morgan fingerprint density at radius 2 is 1.43 bits per heavy atom. The van der Waals surface area contributed by atoms with Gasteiger partial charge in [0.05, 0.1) is 25.4 Å². The third-order valence-electron chi connectivity index (χ3n) is 5.40. The van der Waals surface area contributed by atoms with Crippen LogP contribution in [0.5, 0.6) is 0 Å². The molecule has 0 aliphatic carbocycles. The van der Waals surface area contributed by atoms with Crippen molar-refractivity contribution in [3.8, 4) is 0 Å². The van der Waals surface area contributed by atoms with Gasteiger partial charge in [0.15, 0.2) is 5.79 Å². The van der Waals surface area contributed by atoms with E-state index in [1.165, 1.54) is 0 Å². The summed E-state index contributed by atoms with van der Waals surface area (Å²) in [4.78, 5) is 0. The monoisotopic (exact) mass is 332 g/mol. The van der Waals surface area contributed by atoms with Crippen molar-refractivity contribution < 1.29 is 29.2 Å². The highest BCUT2D eigenvalue weighted by atomic mass is 16.7. The molecule has 23 heavy (non-hydrogen) atoms.